The Balaban J connectivity index is 2.74. The van der Waals surface area contributed by atoms with E-state index in [4.69, 9.17) is 9.84 Å². The van der Waals surface area contributed by atoms with Gasteiger partial charge in [0, 0.05) is 25.7 Å². The third-order valence-corrected chi connectivity index (χ3v) is 3.35. The van der Waals surface area contributed by atoms with E-state index in [0.717, 1.165) is 5.56 Å². The van der Waals surface area contributed by atoms with Gasteiger partial charge in [0.2, 0.25) is 5.43 Å². The van der Waals surface area contributed by atoms with Crippen molar-refractivity contribution in [2.24, 2.45) is 0 Å². The maximum Gasteiger partial charge on any atom is 0.343 e. The predicted octanol–water partition coefficient (Wildman–Crippen LogP) is 1.38. The highest BCUT2D eigenvalue weighted by atomic mass is 16.5. The Morgan fingerprint density at radius 2 is 2.13 bits per heavy atom. The van der Waals surface area contributed by atoms with Gasteiger partial charge >= 0.3 is 5.97 Å². The third kappa shape index (κ3) is 3.43. The Bertz CT molecular complexity index is 806. The molecule has 0 fully saturated rings. The van der Waals surface area contributed by atoms with Crippen molar-refractivity contribution in [3.63, 3.8) is 0 Å². The number of ether oxygens (including phenoxy) is 1. The van der Waals surface area contributed by atoms with Crippen molar-refractivity contribution in [3.8, 4) is 0 Å². The van der Waals surface area contributed by atoms with E-state index in [1.807, 2.05) is 26.2 Å². The highest BCUT2D eigenvalue weighted by molar-refractivity contribution is 5.94. The van der Waals surface area contributed by atoms with Gasteiger partial charge in [-0.05, 0) is 24.6 Å². The second-order valence-corrected chi connectivity index (χ2v) is 5.15. The predicted molar refractivity (Wildman–Crippen MR) is 90.3 cm³/mol. The van der Waals surface area contributed by atoms with E-state index in [2.05, 4.69) is 0 Å². The average molecular weight is 316 g/mol. The Morgan fingerprint density at radius 1 is 1.39 bits per heavy atom. The zero-order valence-electron chi connectivity index (χ0n) is 13.4. The topological polar surface area (TPSA) is 71.8 Å². The normalized spacial score (nSPS) is 11.1. The lowest BCUT2D eigenvalue weighted by atomic mass is 10.1. The molecule has 0 aliphatic heterocycles. The van der Waals surface area contributed by atoms with Gasteiger partial charge in [-0.2, -0.15) is 0 Å². The molecule has 1 aromatic heterocycles. The summed E-state index contributed by atoms with van der Waals surface area (Å²) in [5, 5.41) is 11.1. The molecule has 6 nitrogen and oxygen atoms in total. The highest BCUT2D eigenvalue weighted by Crippen LogP contribution is 2.16. The number of carbonyl (C=O) groups excluding carboxylic acids is 1. The van der Waals surface area contributed by atoms with Crippen molar-refractivity contribution >= 4 is 22.9 Å². The van der Waals surface area contributed by atoms with Crippen LogP contribution in [0.3, 0.4) is 0 Å². The molecule has 1 aromatic carbocycles. The molecule has 0 spiro atoms. The van der Waals surface area contributed by atoms with Crippen molar-refractivity contribution in [2.75, 3.05) is 32.3 Å². The van der Waals surface area contributed by atoms with Gasteiger partial charge < -0.3 is 14.9 Å². The number of aliphatic hydroxyl groups is 1. The van der Waals surface area contributed by atoms with Gasteiger partial charge in [0.15, 0.2) is 0 Å². The number of aliphatic hydroxyl groups excluding tert-OH is 1. The number of rotatable bonds is 5. The van der Waals surface area contributed by atoms with Crippen LogP contribution in [0, 0.1) is 0 Å². The van der Waals surface area contributed by atoms with Gasteiger partial charge in [0.1, 0.15) is 5.56 Å². The van der Waals surface area contributed by atoms with Gasteiger partial charge in [0.25, 0.3) is 0 Å². The zero-order valence-corrected chi connectivity index (χ0v) is 13.4. The number of carbonyl (C=O) groups is 1. The molecule has 23 heavy (non-hydrogen) atoms. The van der Waals surface area contributed by atoms with Crippen LogP contribution < -0.4 is 10.4 Å². The van der Waals surface area contributed by atoms with Crippen molar-refractivity contribution in [1.82, 2.24) is 4.68 Å². The van der Waals surface area contributed by atoms with Crippen LogP contribution in [0.4, 0.5) is 0 Å². The molecule has 1 heterocycles. The molecule has 0 saturated heterocycles. The Labute approximate surface area is 134 Å². The number of hydrogen-bond donors (Lipinski definition) is 1. The van der Waals surface area contributed by atoms with Crippen LogP contribution in [0.15, 0.2) is 35.3 Å². The van der Waals surface area contributed by atoms with Gasteiger partial charge in [-0.25, -0.2) is 4.79 Å². The molecule has 2 aromatic rings. The number of aromatic nitrogens is 1. The second kappa shape index (κ2) is 7.11. The van der Waals surface area contributed by atoms with Crippen molar-refractivity contribution in [1.29, 1.82) is 0 Å². The summed E-state index contributed by atoms with van der Waals surface area (Å²) in [5.74, 6) is -0.633. The Kier molecular flexibility index (Phi) is 5.18. The third-order valence-electron chi connectivity index (χ3n) is 3.35. The molecule has 2 rings (SSSR count). The molecule has 0 aliphatic rings. The van der Waals surface area contributed by atoms with Crippen LogP contribution >= 0.6 is 0 Å². The maximum atomic E-state index is 12.6. The minimum absolute atomic E-state index is 0.00339. The van der Waals surface area contributed by atoms with E-state index in [0.29, 0.717) is 10.9 Å². The first-order valence-corrected chi connectivity index (χ1v) is 7.31. The summed E-state index contributed by atoms with van der Waals surface area (Å²) in [6.07, 6.45) is 4.79. The van der Waals surface area contributed by atoms with E-state index >= 15 is 0 Å². The quantitative estimate of drug-likeness (QED) is 0.844. The standard InChI is InChI=1S/C17H20N2O4/c1-4-23-17(22)14-11-19(18(2)3)15-8-7-12(6-5-9-20)10-13(15)16(14)21/h5-8,10-11,20H,4,9H2,1-3H3. The smallest absolute Gasteiger partial charge is 0.343 e. The minimum Gasteiger partial charge on any atom is -0.462 e. The molecular weight excluding hydrogens is 296 g/mol. The fourth-order valence-electron chi connectivity index (χ4n) is 2.31. The minimum atomic E-state index is -0.633. The van der Waals surface area contributed by atoms with Crippen LogP contribution in [-0.4, -0.2) is 43.1 Å². The molecule has 0 unspecified atom stereocenters. The Hall–Kier alpha value is -2.60. The molecule has 122 valence electrons. The van der Waals surface area contributed by atoms with Crippen molar-refractivity contribution in [2.45, 2.75) is 6.92 Å². The first-order valence-electron chi connectivity index (χ1n) is 7.31. The molecule has 0 aliphatic carbocycles. The molecule has 0 bridgehead atoms. The van der Waals surface area contributed by atoms with E-state index in [1.54, 1.807) is 34.8 Å². The monoisotopic (exact) mass is 316 g/mol. The van der Waals surface area contributed by atoms with Crippen LogP contribution in [0.5, 0.6) is 0 Å². The summed E-state index contributed by atoms with van der Waals surface area (Å²) < 4.78 is 6.69. The van der Waals surface area contributed by atoms with Gasteiger partial charge in [-0.15, -0.1) is 0 Å². The maximum absolute atomic E-state index is 12.6. The molecular formula is C17H20N2O4. The van der Waals surface area contributed by atoms with Crippen LogP contribution in [0.2, 0.25) is 0 Å². The highest BCUT2D eigenvalue weighted by Gasteiger charge is 2.17. The summed E-state index contributed by atoms with van der Waals surface area (Å²) in [4.78, 5) is 24.7. The number of fused-ring (bicyclic) bond motifs is 1. The summed E-state index contributed by atoms with van der Waals surface area (Å²) in [6.45, 7) is 1.82. The van der Waals surface area contributed by atoms with Gasteiger partial charge in [0.05, 0.1) is 18.7 Å². The van der Waals surface area contributed by atoms with Gasteiger partial charge in [-0.3, -0.25) is 9.47 Å². The lowest BCUT2D eigenvalue weighted by Gasteiger charge is -2.20. The van der Waals surface area contributed by atoms with Crippen LogP contribution in [0.25, 0.3) is 17.0 Å². The SMILES string of the molecule is CCOC(=O)c1cn(N(C)C)c2ccc(C=CCO)cc2c1=O. The summed E-state index contributed by atoms with van der Waals surface area (Å²) in [6, 6.07) is 5.35. The molecule has 0 radical (unpaired) electrons. The van der Waals surface area contributed by atoms with Crippen molar-refractivity contribution in [3.05, 3.63) is 51.8 Å². The zero-order chi connectivity index (χ0) is 17.0. The van der Waals surface area contributed by atoms with Crippen LogP contribution in [-0.2, 0) is 4.74 Å². The lowest BCUT2D eigenvalue weighted by molar-refractivity contribution is 0.0524. The van der Waals surface area contributed by atoms with E-state index in [1.165, 1.54) is 6.20 Å². The van der Waals surface area contributed by atoms with E-state index in [9.17, 15) is 9.59 Å². The fourth-order valence-corrected chi connectivity index (χ4v) is 2.31. The first kappa shape index (κ1) is 16.8. The molecule has 1 N–H and O–H groups in total. The van der Waals surface area contributed by atoms with Crippen LogP contribution in [0.1, 0.15) is 22.8 Å². The van der Waals surface area contributed by atoms with E-state index in [-0.39, 0.29) is 24.2 Å². The summed E-state index contributed by atoms with van der Waals surface area (Å²) >= 11 is 0. The number of nitrogens with zero attached hydrogens (tertiary/aromatic N) is 2. The molecule has 6 heteroatoms. The molecule has 0 saturated carbocycles. The first-order chi connectivity index (χ1) is 11.0. The molecule has 0 amide bonds. The van der Waals surface area contributed by atoms with E-state index < -0.39 is 5.97 Å². The largest absolute Gasteiger partial charge is 0.462 e. The number of pyridine rings is 1. The lowest BCUT2D eigenvalue weighted by Crippen LogP contribution is -2.30. The van der Waals surface area contributed by atoms with Gasteiger partial charge in [-0.1, -0.05) is 18.2 Å². The fraction of sp³-hybridized carbons (Fsp3) is 0.294. The Morgan fingerprint density at radius 3 is 2.74 bits per heavy atom. The number of hydrogen-bond acceptors (Lipinski definition) is 5. The van der Waals surface area contributed by atoms with Crippen molar-refractivity contribution < 1.29 is 14.6 Å². The summed E-state index contributed by atoms with van der Waals surface area (Å²) in [5.41, 5.74) is 1.09. The molecule has 0 atom stereocenters. The number of esters is 1. The average Bonchev–Trinajstić information content (AvgIpc) is 2.53. The second-order valence-electron chi connectivity index (χ2n) is 5.15. The summed E-state index contributed by atoms with van der Waals surface area (Å²) in [7, 11) is 3.64. The number of benzene rings is 1.